The molecule has 0 unspecified atom stereocenters. The van der Waals surface area contributed by atoms with Crippen molar-refractivity contribution in [2.24, 2.45) is 5.73 Å². The van der Waals surface area contributed by atoms with Crippen molar-refractivity contribution < 1.29 is 8.42 Å². The van der Waals surface area contributed by atoms with Gasteiger partial charge in [0.25, 0.3) is 0 Å². The van der Waals surface area contributed by atoms with Gasteiger partial charge in [-0.05, 0) is 44.0 Å². The molecule has 1 aromatic rings. The van der Waals surface area contributed by atoms with Crippen molar-refractivity contribution in [3.63, 3.8) is 0 Å². The summed E-state index contributed by atoms with van der Waals surface area (Å²) in [5, 5.41) is 0.525. The first-order valence-corrected chi connectivity index (χ1v) is 7.20. The molecule has 0 saturated carbocycles. The van der Waals surface area contributed by atoms with Gasteiger partial charge in [-0.3, -0.25) is 0 Å². The fourth-order valence-electron chi connectivity index (χ4n) is 1.41. The summed E-state index contributed by atoms with van der Waals surface area (Å²) in [4.78, 5) is 0.256. The van der Waals surface area contributed by atoms with Crippen LogP contribution >= 0.6 is 11.6 Å². The van der Waals surface area contributed by atoms with Crippen LogP contribution in [0.4, 0.5) is 0 Å². The van der Waals surface area contributed by atoms with E-state index in [1.54, 1.807) is 19.1 Å². The number of rotatable bonds is 5. The molecule has 0 fully saturated rings. The van der Waals surface area contributed by atoms with Crippen molar-refractivity contribution in [3.8, 4) is 0 Å². The van der Waals surface area contributed by atoms with Gasteiger partial charge in [0.2, 0.25) is 10.0 Å². The van der Waals surface area contributed by atoms with Gasteiger partial charge in [-0.1, -0.05) is 11.6 Å². The number of hydrogen-bond donors (Lipinski definition) is 2. The molecule has 0 heterocycles. The van der Waals surface area contributed by atoms with Crippen LogP contribution in [0.15, 0.2) is 23.1 Å². The molecule has 0 aliphatic heterocycles. The third-order valence-electron chi connectivity index (χ3n) is 2.32. The smallest absolute Gasteiger partial charge is 0.240 e. The Labute approximate surface area is 107 Å². The highest BCUT2D eigenvalue weighted by Crippen LogP contribution is 2.19. The number of aryl methyl sites for hydroxylation is 1. The van der Waals surface area contributed by atoms with Gasteiger partial charge in [-0.25, -0.2) is 13.1 Å². The highest BCUT2D eigenvalue weighted by atomic mass is 35.5. The summed E-state index contributed by atoms with van der Waals surface area (Å²) in [6.45, 7) is 3.88. The molecule has 1 aromatic carbocycles. The van der Waals surface area contributed by atoms with Crippen LogP contribution in [0.25, 0.3) is 0 Å². The maximum atomic E-state index is 12.0. The van der Waals surface area contributed by atoms with Gasteiger partial charge in [-0.2, -0.15) is 0 Å². The fourth-order valence-corrected chi connectivity index (χ4v) is 2.91. The first kappa shape index (κ1) is 14.4. The van der Waals surface area contributed by atoms with E-state index in [2.05, 4.69) is 4.72 Å². The van der Waals surface area contributed by atoms with E-state index in [0.717, 1.165) is 0 Å². The van der Waals surface area contributed by atoms with E-state index in [4.69, 9.17) is 17.3 Å². The van der Waals surface area contributed by atoms with Crippen molar-refractivity contribution in [2.45, 2.75) is 31.2 Å². The topological polar surface area (TPSA) is 72.2 Å². The first-order valence-electron chi connectivity index (χ1n) is 5.34. The molecule has 0 saturated heterocycles. The number of sulfonamides is 1. The number of halogens is 1. The summed E-state index contributed by atoms with van der Waals surface area (Å²) in [7, 11) is -3.47. The Morgan fingerprint density at radius 1 is 1.47 bits per heavy atom. The van der Waals surface area contributed by atoms with Gasteiger partial charge in [0, 0.05) is 17.6 Å². The molecular formula is C11H17ClN2O2S. The van der Waals surface area contributed by atoms with E-state index in [1.165, 1.54) is 6.07 Å². The lowest BCUT2D eigenvalue weighted by Crippen LogP contribution is -2.29. The molecule has 0 amide bonds. The Morgan fingerprint density at radius 2 is 2.12 bits per heavy atom. The molecule has 0 aromatic heterocycles. The van der Waals surface area contributed by atoms with Gasteiger partial charge < -0.3 is 5.73 Å². The van der Waals surface area contributed by atoms with Crippen LogP contribution in [0.1, 0.15) is 18.9 Å². The second-order valence-corrected chi connectivity index (χ2v) is 6.25. The minimum atomic E-state index is -3.47. The van der Waals surface area contributed by atoms with E-state index in [9.17, 15) is 8.42 Å². The Morgan fingerprint density at radius 3 is 2.65 bits per heavy atom. The van der Waals surface area contributed by atoms with Crippen LogP contribution in [-0.4, -0.2) is 21.0 Å². The third kappa shape index (κ3) is 4.27. The zero-order chi connectivity index (χ0) is 13.1. The van der Waals surface area contributed by atoms with Gasteiger partial charge >= 0.3 is 0 Å². The minimum absolute atomic E-state index is 0.0241. The molecule has 3 N–H and O–H groups in total. The van der Waals surface area contributed by atoms with Crippen LogP contribution < -0.4 is 10.5 Å². The minimum Gasteiger partial charge on any atom is -0.328 e. The van der Waals surface area contributed by atoms with Crippen LogP contribution in [-0.2, 0) is 10.0 Å². The van der Waals surface area contributed by atoms with Gasteiger partial charge in [-0.15, -0.1) is 0 Å². The van der Waals surface area contributed by atoms with Crippen LogP contribution in [0.2, 0.25) is 5.02 Å². The Kier molecular flexibility index (Phi) is 4.94. The molecule has 1 atom stereocenters. The predicted octanol–water partition coefficient (Wildman–Crippen LogP) is 1.66. The van der Waals surface area contributed by atoms with E-state index in [0.29, 0.717) is 23.6 Å². The summed E-state index contributed by atoms with van der Waals surface area (Å²) < 4.78 is 26.4. The van der Waals surface area contributed by atoms with E-state index in [1.807, 2.05) is 6.92 Å². The van der Waals surface area contributed by atoms with Crippen molar-refractivity contribution in [2.75, 3.05) is 6.54 Å². The molecule has 1 rings (SSSR count). The second kappa shape index (κ2) is 5.82. The SMILES string of the molecule is Cc1cc(Cl)ccc1S(=O)(=O)NCC[C@@H](C)N. The molecule has 0 aliphatic carbocycles. The van der Waals surface area contributed by atoms with Crippen LogP contribution in [0.3, 0.4) is 0 Å². The average Bonchev–Trinajstić information content (AvgIpc) is 2.15. The maximum Gasteiger partial charge on any atom is 0.240 e. The van der Waals surface area contributed by atoms with Crippen molar-refractivity contribution in [1.29, 1.82) is 0 Å². The Bertz CT molecular complexity index is 486. The van der Waals surface area contributed by atoms with Gasteiger partial charge in [0.15, 0.2) is 0 Å². The quantitative estimate of drug-likeness (QED) is 0.859. The lowest BCUT2D eigenvalue weighted by Gasteiger charge is -2.10. The zero-order valence-corrected chi connectivity index (χ0v) is 11.5. The van der Waals surface area contributed by atoms with Crippen molar-refractivity contribution in [3.05, 3.63) is 28.8 Å². The highest BCUT2D eigenvalue weighted by molar-refractivity contribution is 7.89. The molecule has 0 bridgehead atoms. The number of benzene rings is 1. The normalized spacial score (nSPS) is 13.6. The molecular weight excluding hydrogens is 260 g/mol. The lowest BCUT2D eigenvalue weighted by molar-refractivity contribution is 0.571. The molecule has 4 nitrogen and oxygen atoms in total. The maximum absolute atomic E-state index is 12.0. The van der Waals surface area contributed by atoms with Gasteiger partial charge in [0.05, 0.1) is 4.90 Å². The fraction of sp³-hybridized carbons (Fsp3) is 0.455. The molecule has 17 heavy (non-hydrogen) atoms. The van der Waals surface area contributed by atoms with E-state index in [-0.39, 0.29) is 10.9 Å². The molecule has 96 valence electrons. The van der Waals surface area contributed by atoms with E-state index < -0.39 is 10.0 Å². The molecule has 0 radical (unpaired) electrons. The Balaban J connectivity index is 2.83. The molecule has 6 heteroatoms. The number of hydrogen-bond acceptors (Lipinski definition) is 3. The van der Waals surface area contributed by atoms with Crippen molar-refractivity contribution >= 4 is 21.6 Å². The van der Waals surface area contributed by atoms with Crippen LogP contribution in [0, 0.1) is 6.92 Å². The van der Waals surface area contributed by atoms with Crippen LogP contribution in [0.5, 0.6) is 0 Å². The first-order chi connectivity index (χ1) is 7.83. The van der Waals surface area contributed by atoms with Gasteiger partial charge in [0.1, 0.15) is 0 Å². The van der Waals surface area contributed by atoms with E-state index >= 15 is 0 Å². The molecule has 0 spiro atoms. The number of nitrogens with two attached hydrogens (primary N) is 1. The summed E-state index contributed by atoms with van der Waals surface area (Å²) in [5.74, 6) is 0. The van der Waals surface area contributed by atoms with Crippen molar-refractivity contribution in [1.82, 2.24) is 4.72 Å². The Hall–Kier alpha value is -0.620. The second-order valence-electron chi connectivity index (χ2n) is 4.07. The largest absolute Gasteiger partial charge is 0.328 e. The summed E-state index contributed by atoms with van der Waals surface area (Å²) in [6, 6.07) is 4.67. The average molecular weight is 277 g/mol. The third-order valence-corrected chi connectivity index (χ3v) is 4.17. The monoisotopic (exact) mass is 276 g/mol. The summed E-state index contributed by atoms with van der Waals surface area (Å²) >= 11 is 5.78. The zero-order valence-electron chi connectivity index (χ0n) is 9.90. The predicted molar refractivity (Wildman–Crippen MR) is 69.6 cm³/mol. The summed E-state index contributed by atoms with van der Waals surface area (Å²) in [5.41, 5.74) is 6.19. The molecule has 0 aliphatic rings. The summed E-state index contributed by atoms with van der Waals surface area (Å²) in [6.07, 6.45) is 0.603. The lowest BCUT2D eigenvalue weighted by atomic mass is 10.2. The number of nitrogens with one attached hydrogen (secondary N) is 1. The standard InChI is InChI=1S/C11H17ClN2O2S/c1-8-7-10(12)3-4-11(8)17(15,16)14-6-5-9(2)13/h3-4,7,9,14H,5-6,13H2,1-2H3/t9-/m1/s1. The highest BCUT2D eigenvalue weighted by Gasteiger charge is 2.16.